The maximum atomic E-state index is 14.9. The van der Waals surface area contributed by atoms with Crippen LogP contribution in [0.3, 0.4) is 0 Å². The van der Waals surface area contributed by atoms with Crippen LogP contribution in [-0.2, 0) is 67.2 Å². The van der Waals surface area contributed by atoms with Crippen LogP contribution in [0.4, 0.5) is 0 Å². The van der Waals surface area contributed by atoms with Crippen LogP contribution in [-0.4, -0.2) is 162 Å². The Morgan fingerprint density at radius 3 is 1.60 bits per heavy atom. The Kier molecular flexibility index (Phi) is 32.7. The lowest BCUT2D eigenvalue weighted by Crippen LogP contribution is -2.59. The normalized spacial score (nSPS) is 13.6. The zero-order chi connectivity index (χ0) is 64.2. The molecule has 23 heteroatoms. The van der Waals surface area contributed by atoms with E-state index in [2.05, 4.69) is 70.1 Å². The molecule has 0 bridgehead atoms. The fourth-order valence-electron chi connectivity index (χ4n) is 9.62. The van der Waals surface area contributed by atoms with Crippen molar-refractivity contribution in [1.82, 2.24) is 58.5 Å². The second-order valence-electron chi connectivity index (χ2n) is 21.7. The number of aryl methyl sites for hydroxylation is 1. The number of rotatable bonds is 41. The van der Waals surface area contributed by atoms with Gasteiger partial charge in [0, 0.05) is 32.9 Å². The molecule has 0 fully saturated rings. The van der Waals surface area contributed by atoms with Crippen molar-refractivity contribution in [3.05, 3.63) is 132 Å². The van der Waals surface area contributed by atoms with Gasteiger partial charge in [-0.25, -0.2) is 0 Å². The summed E-state index contributed by atoms with van der Waals surface area (Å²) < 4.78 is 5.10. The summed E-state index contributed by atoms with van der Waals surface area (Å²) in [6.07, 6.45) is 4.53. The number of carbonyl (C=O) groups excluding carboxylic acids is 9. The Morgan fingerprint density at radius 2 is 1.01 bits per heavy atom. The second kappa shape index (κ2) is 40.0. The number of benzene rings is 4. The summed E-state index contributed by atoms with van der Waals surface area (Å²) in [4.78, 5) is 130. The first kappa shape index (κ1) is 71.9. The summed E-state index contributed by atoms with van der Waals surface area (Å²) in [5.41, 5.74) is 9.26. The Bertz CT molecular complexity index is 2930. The highest BCUT2D eigenvalue weighted by Crippen LogP contribution is 2.18. The molecule has 23 nitrogen and oxygen atoms in total. The summed E-state index contributed by atoms with van der Waals surface area (Å²) >= 11 is 0. The summed E-state index contributed by atoms with van der Waals surface area (Å²) in [5, 5.41) is 33.4. The van der Waals surface area contributed by atoms with Gasteiger partial charge in [-0.2, -0.15) is 0 Å². The number of carbonyl (C=O) groups is 9. The number of nitrogens with one attached hydrogen (secondary N) is 11. The van der Waals surface area contributed by atoms with Crippen LogP contribution in [0.5, 0.6) is 0 Å². The number of likely N-dealkylation sites (N-methyl/N-ethyl adjacent to an activating group) is 1. The van der Waals surface area contributed by atoms with E-state index in [-0.39, 0.29) is 69.8 Å². The highest BCUT2D eigenvalue weighted by molar-refractivity contribution is 5.97. The first-order chi connectivity index (χ1) is 42.4. The minimum Gasteiger partial charge on any atom is -0.461 e. The number of fused-ring (bicyclic) bond motifs is 1. The first-order valence-corrected chi connectivity index (χ1v) is 30.2. The predicted octanol–water partition coefficient (Wildman–Crippen LogP) is 1.98. The molecule has 0 aliphatic carbocycles. The summed E-state index contributed by atoms with van der Waals surface area (Å²) in [6.45, 7) is 7.65. The fraction of sp³-hybridized carbons (Fsp3) is 0.477. The lowest BCUT2D eigenvalue weighted by Gasteiger charge is -2.27. The molecule has 0 aliphatic rings. The number of nitrogens with zero attached hydrogens (tertiary/aromatic N) is 1. The van der Waals surface area contributed by atoms with E-state index >= 15 is 0 Å². The third-order valence-electron chi connectivity index (χ3n) is 14.7. The molecule has 0 aromatic heterocycles. The number of hydrogen-bond donors (Lipinski definition) is 12. The number of ether oxygens (including phenoxy) is 1. The molecule has 4 aromatic carbocycles. The molecule has 13 N–H and O–H groups in total. The monoisotopic (exact) mass is 1220 g/mol. The van der Waals surface area contributed by atoms with Gasteiger partial charge in [-0.1, -0.05) is 115 Å². The van der Waals surface area contributed by atoms with Gasteiger partial charge >= 0.3 is 5.97 Å². The van der Waals surface area contributed by atoms with Crippen molar-refractivity contribution < 1.29 is 47.9 Å². The summed E-state index contributed by atoms with van der Waals surface area (Å²) in [7, 11) is 6.78. The van der Waals surface area contributed by atoms with E-state index in [9.17, 15) is 43.2 Å². The summed E-state index contributed by atoms with van der Waals surface area (Å²) in [6, 6.07) is 22.3. The number of hydrogen-bond acceptors (Lipinski definition) is 14. The Hall–Kier alpha value is -8.54. The minimum atomic E-state index is -1.36. The molecule has 4 aromatic rings. The van der Waals surface area contributed by atoms with Crippen LogP contribution < -0.4 is 64.2 Å². The second-order valence-corrected chi connectivity index (χ2v) is 21.7. The van der Waals surface area contributed by atoms with Crippen molar-refractivity contribution in [2.75, 3.05) is 61.0 Å². The van der Waals surface area contributed by atoms with E-state index in [1.54, 1.807) is 21.1 Å². The molecule has 0 aliphatic heterocycles. The van der Waals surface area contributed by atoms with Gasteiger partial charge in [-0.15, -0.1) is 0 Å². The number of nitrogens with two attached hydrogens (primary N) is 1. The molecule has 0 spiro atoms. The van der Waals surface area contributed by atoms with Crippen molar-refractivity contribution in [2.24, 2.45) is 10.7 Å². The molecular weight excluding hydrogens is 1120 g/mol. The minimum absolute atomic E-state index is 0.0126. The number of unbranched alkanes of at least 4 members (excludes halogenated alkanes) is 2. The molecule has 7 amide bonds. The largest absolute Gasteiger partial charge is 0.461 e. The SMILES string of the molecule is C=CCOC(=O)CC[C@@H](NC(=O)CNC(=O)[C@H](Cc1ccc2ccccc2c1)NC(=O)[C@@H](CCCNC(N)=NC)NC(=O)[C@H](CCCCNC)NC(=O)[C@H](Cc1ccc(C)cc1)NC(=O)[C@H](Cc1ccccc1)NC)C(=O)N[C@@H](CCCCNC)C(C)=O. The van der Waals surface area contributed by atoms with Gasteiger partial charge < -0.3 is 69.0 Å². The number of amides is 7. The van der Waals surface area contributed by atoms with Crippen molar-refractivity contribution in [3.8, 4) is 0 Å². The molecule has 0 unspecified atom stereocenters. The van der Waals surface area contributed by atoms with Gasteiger partial charge in [0.2, 0.25) is 41.4 Å². The van der Waals surface area contributed by atoms with Crippen molar-refractivity contribution in [1.29, 1.82) is 0 Å². The number of Topliss-reactive ketones (excluding diaryl/α,β-unsaturated/α-hetero) is 1. The van der Waals surface area contributed by atoms with Crippen LogP contribution in [0.25, 0.3) is 10.8 Å². The fourth-order valence-corrected chi connectivity index (χ4v) is 9.62. The van der Waals surface area contributed by atoms with Gasteiger partial charge in [0.1, 0.15) is 36.8 Å². The number of ketones is 1. The Morgan fingerprint density at radius 1 is 0.523 bits per heavy atom. The van der Waals surface area contributed by atoms with Crippen LogP contribution in [0, 0.1) is 6.92 Å². The van der Waals surface area contributed by atoms with Crippen molar-refractivity contribution in [3.63, 3.8) is 0 Å². The van der Waals surface area contributed by atoms with Gasteiger partial charge in [-0.05, 0) is 140 Å². The van der Waals surface area contributed by atoms with E-state index in [4.69, 9.17) is 10.5 Å². The van der Waals surface area contributed by atoms with Crippen LogP contribution in [0.1, 0.15) is 93.4 Å². The average molecular weight is 1220 g/mol. The van der Waals surface area contributed by atoms with Gasteiger partial charge in [0.05, 0.1) is 18.6 Å². The molecule has 0 heterocycles. The lowest BCUT2D eigenvalue weighted by molar-refractivity contribution is -0.143. The highest BCUT2D eigenvalue weighted by atomic mass is 16.5. The summed E-state index contributed by atoms with van der Waals surface area (Å²) in [5.74, 6) is -5.63. The predicted molar refractivity (Wildman–Crippen MR) is 342 cm³/mol. The first-order valence-electron chi connectivity index (χ1n) is 30.2. The highest BCUT2D eigenvalue weighted by Gasteiger charge is 2.33. The molecule has 7 atom stereocenters. The van der Waals surface area contributed by atoms with E-state index in [0.717, 1.165) is 33.9 Å². The third-order valence-corrected chi connectivity index (χ3v) is 14.7. The lowest BCUT2D eigenvalue weighted by atomic mass is 10.00. The molecule has 88 heavy (non-hydrogen) atoms. The van der Waals surface area contributed by atoms with Crippen molar-refractivity contribution in [2.45, 2.75) is 140 Å². The van der Waals surface area contributed by atoms with Gasteiger partial charge in [0.25, 0.3) is 0 Å². The standard InChI is InChI=1S/C65H93N13O10/c1-8-37-88-58(81)33-32-53(62(85)74-50(44(3)79)23-14-16-34-67-4)73-57(80)42-72-59(82)55(41-47-30-31-48-21-12-13-22-49(48)38-47)77-61(84)52(25-18-36-71-65(66)70-7)75-60(83)51(24-15-17-35-68-5)76-64(87)56(40-46-28-26-43(2)27-29-46)78-63(86)54(69-6)39-45-19-10-9-11-20-45/h8-13,19-22,26-31,38,50-56,67-69H,1,14-18,23-25,32-37,39-42H2,2-7H3,(H,72,82)(H,73,80)(H,74,85)(H,75,83)(H,76,87)(H,77,84)(H,78,86)(H3,66,70,71)/t50-,51-,52+,53+,54-,55-,56-/m0/s1. The maximum Gasteiger partial charge on any atom is 0.306 e. The number of guanidine groups is 1. The van der Waals surface area contributed by atoms with E-state index in [1.165, 1.54) is 20.0 Å². The Balaban J connectivity index is 1.65. The smallest absolute Gasteiger partial charge is 0.306 e. The molecule has 478 valence electrons. The van der Waals surface area contributed by atoms with E-state index < -0.39 is 96.2 Å². The Labute approximate surface area is 517 Å². The van der Waals surface area contributed by atoms with Gasteiger partial charge in [-0.3, -0.25) is 48.1 Å². The van der Waals surface area contributed by atoms with Gasteiger partial charge in [0.15, 0.2) is 11.7 Å². The third kappa shape index (κ3) is 26.6. The van der Waals surface area contributed by atoms with Crippen LogP contribution in [0.15, 0.2) is 115 Å². The zero-order valence-corrected chi connectivity index (χ0v) is 51.9. The van der Waals surface area contributed by atoms with Crippen molar-refractivity contribution >= 4 is 69.8 Å². The molecule has 4 rings (SSSR count). The number of esters is 1. The molecule has 0 saturated carbocycles. The molecular formula is C65H93N13O10. The molecule has 0 saturated heterocycles. The quantitative estimate of drug-likeness (QED) is 0.00994. The van der Waals surface area contributed by atoms with Crippen LogP contribution in [0.2, 0.25) is 0 Å². The molecule has 0 radical (unpaired) electrons. The van der Waals surface area contributed by atoms with E-state index in [1.807, 2.05) is 104 Å². The van der Waals surface area contributed by atoms with E-state index in [0.29, 0.717) is 50.8 Å². The maximum absolute atomic E-state index is 14.9. The topological polar surface area (TPSA) is 334 Å². The number of aliphatic imine (C=N–C) groups is 1. The van der Waals surface area contributed by atoms with Crippen LogP contribution >= 0.6 is 0 Å². The zero-order valence-electron chi connectivity index (χ0n) is 51.9. The average Bonchev–Trinajstić information content (AvgIpc) is 2.76.